The monoisotopic (exact) mass is 262 g/mol. The number of methoxy groups -OCH3 is 1. The Labute approximate surface area is 110 Å². The molecule has 0 spiro atoms. The van der Waals surface area contributed by atoms with Crippen molar-refractivity contribution in [1.82, 2.24) is 9.97 Å². The third-order valence-electron chi connectivity index (χ3n) is 3.14. The van der Waals surface area contributed by atoms with Crippen LogP contribution in [0.4, 0.5) is 4.39 Å². The molecule has 0 saturated carbocycles. The van der Waals surface area contributed by atoms with Crippen LogP contribution in [0.1, 0.15) is 35.7 Å². The Morgan fingerprint density at radius 1 is 1.32 bits per heavy atom. The highest BCUT2D eigenvalue weighted by molar-refractivity contribution is 5.86. The summed E-state index contributed by atoms with van der Waals surface area (Å²) >= 11 is 0. The molecule has 4 nitrogen and oxygen atoms in total. The number of aromatic nitrogens is 2. The number of imidazole rings is 1. The predicted octanol–water partition coefficient (Wildman–Crippen LogP) is 2.66. The van der Waals surface area contributed by atoms with Crippen molar-refractivity contribution in [3.05, 3.63) is 53.4 Å². The molecular formula is C14H15FN2O2. The molecule has 2 aromatic rings. The summed E-state index contributed by atoms with van der Waals surface area (Å²) < 4.78 is 17.6. The van der Waals surface area contributed by atoms with Gasteiger partial charge in [-0.1, -0.05) is 12.1 Å². The number of H-pyrrole nitrogens is 1. The number of aromatic amines is 1. The lowest BCUT2D eigenvalue weighted by Crippen LogP contribution is -2.21. The lowest BCUT2D eigenvalue weighted by atomic mass is 9.84. The molecule has 0 aliphatic rings. The van der Waals surface area contributed by atoms with E-state index in [2.05, 4.69) is 14.7 Å². The van der Waals surface area contributed by atoms with Gasteiger partial charge in [-0.3, -0.25) is 0 Å². The number of carbonyl (C=O) groups is 1. The first-order chi connectivity index (χ1) is 8.95. The number of carbonyl (C=O) groups excluding carboxylic acids is 1. The first kappa shape index (κ1) is 13.3. The molecule has 5 heteroatoms. The highest BCUT2D eigenvalue weighted by Crippen LogP contribution is 2.29. The van der Waals surface area contributed by atoms with Crippen molar-refractivity contribution in [3.63, 3.8) is 0 Å². The average Bonchev–Trinajstić information content (AvgIpc) is 2.88. The maximum Gasteiger partial charge on any atom is 0.356 e. The molecular weight excluding hydrogens is 247 g/mol. The van der Waals surface area contributed by atoms with E-state index in [4.69, 9.17) is 0 Å². The largest absolute Gasteiger partial charge is 0.464 e. The number of hydrogen-bond donors (Lipinski definition) is 1. The van der Waals surface area contributed by atoms with Crippen molar-refractivity contribution in [3.8, 4) is 0 Å². The van der Waals surface area contributed by atoms with Crippen LogP contribution in [0.5, 0.6) is 0 Å². The van der Waals surface area contributed by atoms with Crippen molar-refractivity contribution in [2.75, 3.05) is 7.11 Å². The quantitative estimate of drug-likeness (QED) is 0.865. The van der Waals surface area contributed by atoms with Gasteiger partial charge < -0.3 is 9.72 Å². The number of hydrogen-bond acceptors (Lipinski definition) is 3. The van der Waals surface area contributed by atoms with Crippen LogP contribution in [0, 0.1) is 5.82 Å². The van der Waals surface area contributed by atoms with Gasteiger partial charge in [0.2, 0.25) is 0 Å². The lowest BCUT2D eigenvalue weighted by Gasteiger charge is -2.22. The molecule has 0 bridgehead atoms. The molecule has 1 heterocycles. The van der Waals surface area contributed by atoms with Gasteiger partial charge in [-0.15, -0.1) is 0 Å². The molecule has 2 rings (SSSR count). The number of nitrogens with one attached hydrogen (secondary N) is 1. The number of ether oxygens (including phenoxy) is 1. The molecule has 0 radical (unpaired) electrons. The molecule has 1 N–H and O–H groups in total. The zero-order chi connectivity index (χ0) is 14.0. The second-order valence-corrected chi connectivity index (χ2v) is 4.77. The molecule has 0 aliphatic carbocycles. The van der Waals surface area contributed by atoms with Gasteiger partial charge in [-0.2, -0.15) is 0 Å². The Bertz CT molecular complexity index is 588. The summed E-state index contributed by atoms with van der Waals surface area (Å²) in [5.41, 5.74) is 0.743. The van der Waals surface area contributed by atoms with E-state index in [1.165, 1.54) is 25.4 Å². The van der Waals surface area contributed by atoms with Gasteiger partial charge in [0.1, 0.15) is 17.3 Å². The van der Waals surface area contributed by atoms with Gasteiger partial charge in [0.05, 0.1) is 13.3 Å². The minimum atomic E-state index is -0.464. The molecule has 1 aromatic carbocycles. The van der Waals surface area contributed by atoms with E-state index < -0.39 is 11.4 Å². The first-order valence-corrected chi connectivity index (χ1v) is 5.85. The molecule has 1 aromatic heterocycles. The van der Waals surface area contributed by atoms with E-state index in [9.17, 15) is 9.18 Å². The summed E-state index contributed by atoms with van der Waals surface area (Å²) in [5.74, 6) is -0.123. The Morgan fingerprint density at radius 2 is 1.95 bits per heavy atom. The smallest absolute Gasteiger partial charge is 0.356 e. The van der Waals surface area contributed by atoms with Gasteiger partial charge in [-0.05, 0) is 31.5 Å². The molecule has 0 atom stereocenters. The average molecular weight is 262 g/mol. The van der Waals surface area contributed by atoms with Gasteiger partial charge in [0.15, 0.2) is 0 Å². The maximum absolute atomic E-state index is 12.9. The van der Waals surface area contributed by atoms with E-state index in [0.717, 1.165) is 5.56 Å². The molecule has 0 unspecified atom stereocenters. The van der Waals surface area contributed by atoms with E-state index in [0.29, 0.717) is 11.5 Å². The molecule has 0 fully saturated rings. The van der Waals surface area contributed by atoms with Crippen LogP contribution < -0.4 is 0 Å². The third-order valence-corrected chi connectivity index (χ3v) is 3.14. The maximum atomic E-state index is 12.9. The molecule has 100 valence electrons. The van der Waals surface area contributed by atoms with Crippen molar-refractivity contribution < 1.29 is 13.9 Å². The Morgan fingerprint density at radius 3 is 2.53 bits per heavy atom. The SMILES string of the molecule is COC(=O)c1cnc(C(C)(C)c2ccc(F)cc2)[nH]1. The van der Waals surface area contributed by atoms with Crippen LogP contribution in [-0.2, 0) is 10.2 Å². The second kappa shape index (κ2) is 4.84. The van der Waals surface area contributed by atoms with E-state index in [-0.39, 0.29) is 5.82 Å². The van der Waals surface area contributed by atoms with Crippen molar-refractivity contribution in [2.24, 2.45) is 0 Å². The summed E-state index contributed by atoms with van der Waals surface area (Å²) in [6, 6.07) is 6.22. The Kier molecular flexibility index (Phi) is 3.38. The fraction of sp³-hybridized carbons (Fsp3) is 0.286. The first-order valence-electron chi connectivity index (χ1n) is 5.85. The van der Waals surface area contributed by atoms with Crippen LogP contribution in [0.15, 0.2) is 30.5 Å². The predicted molar refractivity (Wildman–Crippen MR) is 68.5 cm³/mol. The zero-order valence-corrected chi connectivity index (χ0v) is 11.0. The molecule has 19 heavy (non-hydrogen) atoms. The Hall–Kier alpha value is -2.17. The van der Waals surface area contributed by atoms with Crippen LogP contribution in [0.3, 0.4) is 0 Å². The third kappa shape index (κ3) is 2.50. The molecule has 0 amide bonds. The number of esters is 1. The van der Waals surface area contributed by atoms with Gasteiger partial charge in [-0.25, -0.2) is 14.2 Å². The summed E-state index contributed by atoms with van der Waals surface area (Å²) in [6.07, 6.45) is 1.44. The highest BCUT2D eigenvalue weighted by atomic mass is 19.1. The van der Waals surface area contributed by atoms with Crippen LogP contribution in [-0.4, -0.2) is 23.0 Å². The topological polar surface area (TPSA) is 55.0 Å². The van der Waals surface area contributed by atoms with Gasteiger partial charge in [0.25, 0.3) is 0 Å². The summed E-state index contributed by atoms with van der Waals surface area (Å²) in [4.78, 5) is 18.5. The van der Waals surface area contributed by atoms with Crippen LogP contribution >= 0.6 is 0 Å². The van der Waals surface area contributed by atoms with Crippen molar-refractivity contribution in [1.29, 1.82) is 0 Å². The number of rotatable bonds is 3. The fourth-order valence-electron chi connectivity index (χ4n) is 1.86. The van der Waals surface area contributed by atoms with Gasteiger partial charge in [0, 0.05) is 5.41 Å². The standard InChI is InChI=1S/C14H15FN2O2/c1-14(2,9-4-6-10(15)7-5-9)13-16-8-11(17-13)12(18)19-3/h4-8H,1-3H3,(H,16,17). The summed E-state index contributed by atoms with van der Waals surface area (Å²) in [5, 5.41) is 0. The zero-order valence-electron chi connectivity index (χ0n) is 11.0. The van der Waals surface area contributed by atoms with Crippen LogP contribution in [0.2, 0.25) is 0 Å². The number of nitrogens with zero attached hydrogens (tertiary/aromatic N) is 1. The van der Waals surface area contributed by atoms with E-state index >= 15 is 0 Å². The van der Waals surface area contributed by atoms with E-state index in [1.54, 1.807) is 12.1 Å². The summed E-state index contributed by atoms with van der Waals surface area (Å²) in [7, 11) is 1.31. The summed E-state index contributed by atoms with van der Waals surface area (Å²) in [6.45, 7) is 3.89. The van der Waals surface area contributed by atoms with Crippen molar-refractivity contribution in [2.45, 2.75) is 19.3 Å². The second-order valence-electron chi connectivity index (χ2n) is 4.77. The molecule has 0 aliphatic heterocycles. The van der Waals surface area contributed by atoms with Crippen molar-refractivity contribution >= 4 is 5.97 Å². The highest BCUT2D eigenvalue weighted by Gasteiger charge is 2.27. The van der Waals surface area contributed by atoms with Crippen LogP contribution in [0.25, 0.3) is 0 Å². The molecule has 0 saturated heterocycles. The number of benzene rings is 1. The lowest BCUT2D eigenvalue weighted by molar-refractivity contribution is 0.0594. The normalized spacial score (nSPS) is 11.4. The fourth-order valence-corrected chi connectivity index (χ4v) is 1.86. The minimum absolute atomic E-state index is 0.283. The number of halogens is 1. The Balaban J connectivity index is 2.36. The minimum Gasteiger partial charge on any atom is -0.464 e. The van der Waals surface area contributed by atoms with E-state index in [1.807, 2.05) is 13.8 Å². The van der Waals surface area contributed by atoms with Gasteiger partial charge >= 0.3 is 5.97 Å².